The molecule has 0 radical (unpaired) electrons. The van der Waals surface area contributed by atoms with Crippen molar-refractivity contribution < 1.29 is 9.59 Å². The number of nitriles is 1. The van der Waals surface area contributed by atoms with Crippen LogP contribution >= 0.6 is 23.2 Å². The minimum Gasteiger partial charge on any atom is -0.308 e. The van der Waals surface area contributed by atoms with Gasteiger partial charge in [0.15, 0.2) is 0 Å². The van der Waals surface area contributed by atoms with Gasteiger partial charge in [0.2, 0.25) is 5.91 Å². The van der Waals surface area contributed by atoms with Crippen molar-refractivity contribution in [2.45, 2.75) is 6.42 Å². The molecule has 0 saturated heterocycles. The summed E-state index contributed by atoms with van der Waals surface area (Å²) >= 11 is 11.1. The number of nitrogens with one attached hydrogen (secondary N) is 2. The van der Waals surface area contributed by atoms with E-state index in [0.29, 0.717) is 11.3 Å². The SMILES string of the molecule is N#Cc1ccc(NC(=O)NC(=O)CCCl)cc1Cl. The minimum absolute atomic E-state index is 0.0586. The van der Waals surface area contributed by atoms with Crippen molar-refractivity contribution in [1.82, 2.24) is 5.32 Å². The molecule has 0 heterocycles. The fourth-order valence-corrected chi connectivity index (χ4v) is 1.52. The average molecular weight is 286 g/mol. The molecule has 7 heteroatoms. The number of alkyl halides is 1. The van der Waals surface area contributed by atoms with Crippen molar-refractivity contribution in [3.8, 4) is 6.07 Å². The largest absolute Gasteiger partial charge is 0.325 e. The van der Waals surface area contributed by atoms with Crippen LogP contribution < -0.4 is 10.6 Å². The van der Waals surface area contributed by atoms with Crippen LogP contribution in [0.1, 0.15) is 12.0 Å². The smallest absolute Gasteiger partial charge is 0.308 e. The summed E-state index contributed by atoms with van der Waals surface area (Å²) < 4.78 is 0. The van der Waals surface area contributed by atoms with Gasteiger partial charge in [-0.3, -0.25) is 10.1 Å². The van der Waals surface area contributed by atoms with Crippen LogP contribution in [0.5, 0.6) is 0 Å². The highest BCUT2D eigenvalue weighted by molar-refractivity contribution is 6.32. The molecule has 5 nitrogen and oxygen atoms in total. The minimum atomic E-state index is -0.675. The Morgan fingerprint density at radius 1 is 1.39 bits per heavy atom. The maximum Gasteiger partial charge on any atom is 0.325 e. The second kappa shape index (κ2) is 6.84. The number of anilines is 1. The van der Waals surface area contributed by atoms with Crippen molar-refractivity contribution >= 4 is 40.8 Å². The van der Waals surface area contributed by atoms with Gasteiger partial charge in [0.05, 0.1) is 10.6 Å². The molecule has 0 aliphatic rings. The van der Waals surface area contributed by atoms with Gasteiger partial charge in [0.25, 0.3) is 0 Å². The number of urea groups is 1. The zero-order chi connectivity index (χ0) is 13.5. The third-order valence-electron chi connectivity index (χ3n) is 1.92. The quantitative estimate of drug-likeness (QED) is 0.837. The van der Waals surface area contributed by atoms with Crippen LogP contribution in [0.25, 0.3) is 0 Å². The van der Waals surface area contributed by atoms with Crippen LogP contribution in [0.4, 0.5) is 10.5 Å². The van der Waals surface area contributed by atoms with E-state index in [-0.39, 0.29) is 17.3 Å². The maximum atomic E-state index is 11.4. The molecule has 1 aromatic rings. The first-order chi connectivity index (χ1) is 8.56. The standard InChI is InChI=1S/C11H9Cl2N3O2/c12-4-3-10(17)16-11(18)15-8-2-1-7(6-14)9(13)5-8/h1-2,5H,3-4H2,(H2,15,16,17,18). The molecule has 0 fully saturated rings. The Morgan fingerprint density at radius 3 is 2.67 bits per heavy atom. The molecule has 18 heavy (non-hydrogen) atoms. The van der Waals surface area contributed by atoms with E-state index in [4.69, 9.17) is 28.5 Å². The lowest BCUT2D eigenvalue weighted by atomic mass is 10.2. The highest BCUT2D eigenvalue weighted by Gasteiger charge is 2.08. The number of amides is 3. The summed E-state index contributed by atoms with van der Waals surface area (Å²) in [6.45, 7) is 0. The first-order valence-electron chi connectivity index (χ1n) is 4.93. The molecule has 0 saturated carbocycles. The first kappa shape index (κ1) is 14.3. The lowest BCUT2D eigenvalue weighted by Crippen LogP contribution is -2.34. The van der Waals surface area contributed by atoms with Gasteiger partial charge < -0.3 is 5.32 Å². The predicted octanol–water partition coefficient (Wildman–Crippen LogP) is 2.49. The molecule has 1 aromatic carbocycles. The van der Waals surface area contributed by atoms with Gasteiger partial charge in [-0.1, -0.05) is 11.6 Å². The Morgan fingerprint density at radius 2 is 2.11 bits per heavy atom. The van der Waals surface area contributed by atoms with E-state index in [2.05, 4.69) is 10.6 Å². The summed E-state index contributed by atoms with van der Waals surface area (Å²) in [6, 6.07) is 5.62. The number of carbonyl (C=O) groups is 2. The normalized spacial score (nSPS) is 9.39. The van der Waals surface area contributed by atoms with Crippen LogP contribution in [0.2, 0.25) is 5.02 Å². The molecule has 0 bridgehead atoms. The Kier molecular flexibility index (Phi) is 5.43. The van der Waals surface area contributed by atoms with E-state index in [9.17, 15) is 9.59 Å². The van der Waals surface area contributed by atoms with Crippen molar-refractivity contribution in [2.24, 2.45) is 0 Å². The molecule has 0 unspecified atom stereocenters. The van der Waals surface area contributed by atoms with E-state index >= 15 is 0 Å². The topological polar surface area (TPSA) is 82.0 Å². The van der Waals surface area contributed by atoms with Gasteiger partial charge in [-0.25, -0.2) is 4.79 Å². The third-order valence-corrected chi connectivity index (χ3v) is 2.42. The average Bonchev–Trinajstić information content (AvgIpc) is 2.29. The lowest BCUT2D eigenvalue weighted by Gasteiger charge is -2.06. The monoisotopic (exact) mass is 285 g/mol. The number of hydrogen-bond acceptors (Lipinski definition) is 3. The fourth-order valence-electron chi connectivity index (χ4n) is 1.12. The van der Waals surface area contributed by atoms with Crippen LogP contribution in [-0.4, -0.2) is 17.8 Å². The number of carbonyl (C=O) groups excluding carboxylic acids is 2. The number of halogens is 2. The van der Waals surface area contributed by atoms with Crippen LogP contribution in [0.15, 0.2) is 18.2 Å². The van der Waals surface area contributed by atoms with Crippen molar-refractivity contribution in [2.75, 3.05) is 11.2 Å². The second-order valence-electron chi connectivity index (χ2n) is 3.25. The third kappa shape index (κ3) is 4.24. The Bertz CT molecular complexity index is 512. The molecule has 0 aromatic heterocycles. The number of imide groups is 1. The highest BCUT2D eigenvalue weighted by Crippen LogP contribution is 2.19. The van der Waals surface area contributed by atoms with Gasteiger partial charge in [-0.15, -0.1) is 11.6 Å². The van der Waals surface area contributed by atoms with Gasteiger partial charge in [0, 0.05) is 18.0 Å². The van der Waals surface area contributed by atoms with Gasteiger partial charge >= 0.3 is 6.03 Å². The van der Waals surface area contributed by atoms with Gasteiger partial charge in [-0.2, -0.15) is 5.26 Å². The van der Waals surface area contributed by atoms with E-state index in [1.807, 2.05) is 6.07 Å². The molecule has 94 valence electrons. The van der Waals surface area contributed by atoms with E-state index in [1.165, 1.54) is 18.2 Å². The van der Waals surface area contributed by atoms with Crippen molar-refractivity contribution in [3.63, 3.8) is 0 Å². The molecule has 0 aliphatic heterocycles. The predicted molar refractivity (Wildman–Crippen MR) is 68.7 cm³/mol. The molecule has 0 spiro atoms. The Hall–Kier alpha value is -1.77. The summed E-state index contributed by atoms with van der Waals surface area (Å²) in [4.78, 5) is 22.5. The van der Waals surface area contributed by atoms with Gasteiger partial charge in [0.1, 0.15) is 6.07 Å². The zero-order valence-corrected chi connectivity index (χ0v) is 10.7. The summed E-state index contributed by atoms with van der Waals surface area (Å²) in [6.07, 6.45) is 0.0586. The number of hydrogen-bond donors (Lipinski definition) is 2. The van der Waals surface area contributed by atoms with E-state index < -0.39 is 11.9 Å². The Labute approximate surface area is 114 Å². The molecule has 0 atom stereocenters. The molecule has 2 N–H and O–H groups in total. The molecule has 0 aliphatic carbocycles. The van der Waals surface area contributed by atoms with Crippen LogP contribution in [0, 0.1) is 11.3 Å². The van der Waals surface area contributed by atoms with E-state index in [0.717, 1.165) is 0 Å². The number of benzene rings is 1. The highest BCUT2D eigenvalue weighted by atomic mass is 35.5. The van der Waals surface area contributed by atoms with Crippen molar-refractivity contribution in [3.05, 3.63) is 28.8 Å². The zero-order valence-electron chi connectivity index (χ0n) is 9.17. The van der Waals surface area contributed by atoms with Gasteiger partial charge in [-0.05, 0) is 18.2 Å². The molecular weight excluding hydrogens is 277 g/mol. The van der Waals surface area contributed by atoms with Crippen LogP contribution in [0.3, 0.4) is 0 Å². The fraction of sp³-hybridized carbons (Fsp3) is 0.182. The first-order valence-corrected chi connectivity index (χ1v) is 5.84. The lowest BCUT2D eigenvalue weighted by molar-refractivity contribution is -0.119. The Balaban J connectivity index is 2.63. The summed E-state index contributed by atoms with van der Waals surface area (Å²) in [5, 5.41) is 13.4. The maximum absolute atomic E-state index is 11.4. The molecule has 3 amide bonds. The summed E-state index contributed by atoms with van der Waals surface area (Å²) in [5.74, 6) is -0.329. The summed E-state index contributed by atoms with van der Waals surface area (Å²) in [5.41, 5.74) is 0.691. The van der Waals surface area contributed by atoms with Crippen LogP contribution in [-0.2, 0) is 4.79 Å². The summed E-state index contributed by atoms with van der Waals surface area (Å²) in [7, 11) is 0. The van der Waals surface area contributed by atoms with E-state index in [1.54, 1.807) is 0 Å². The number of nitrogens with zero attached hydrogens (tertiary/aromatic N) is 1. The molecule has 1 rings (SSSR count). The van der Waals surface area contributed by atoms with Crippen molar-refractivity contribution in [1.29, 1.82) is 5.26 Å². The second-order valence-corrected chi connectivity index (χ2v) is 4.03. The molecular formula is C11H9Cl2N3O2. The number of rotatable bonds is 3.